The number of nitrogens with zero attached hydrogens (tertiary/aromatic N) is 4. The molecule has 0 bridgehead atoms. The third-order valence-electron chi connectivity index (χ3n) is 4.67. The van der Waals surface area contributed by atoms with Crippen LogP contribution in [-0.2, 0) is 23.1 Å². The predicted octanol–water partition coefficient (Wildman–Crippen LogP) is 2.11. The summed E-state index contributed by atoms with van der Waals surface area (Å²) in [6.07, 6.45) is 2.18. The third kappa shape index (κ3) is 6.62. The Labute approximate surface area is 172 Å². The summed E-state index contributed by atoms with van der Waals surface area (Å²) < 4.78 is 6.66. The van der Waals surface area contributed by atoms with Crippen LogP contribution in [0.15, 0.2) is 0 Å². The number of aromatic nitrogens is 2. The Balaban J connectivity index is 1.75. The molecule has 27 heavy (non-hydrogen) atoms. The fourth-order valence-corrected chi connectivity index (χ4v) is 3.70. The van der Waals surface area contributed by atoms with Gasteiger partial charge in [0.15, 0.2) is 5.11 Å². The van der Waals surface area contributed by atoms with Gasteiger partial charge in [0.2, 0.25) is 0 Å². The maximum Gasteiger partial charge on any atom is 0.305 e. The molecule has 0 saturated carbocycles. The van der Waals surface area contributed by atoms with Gasteiger partial charge in [-0.15, -0.1) is 0 Å². The minimum absolute atomic E-state index is 0.153. The van der Waals surface area contributed by atoms with Crippen LogP contribution in [-0.4, -0.2) is 70.0 Å². The molecule has 7 nitrogen and oxygen atoms in total. The molecular formula is C18H30ClN5O2S. The van der Waals surface area contributed by atoms with E-state index in [9.17, 15) is 4.79 Å². The molecule has 1 aliphatic rings. The summed E-state index contributed by atoms with van der Waals surface area (Å²) in [5.74, 6) is -0.153. The van der Waals surface area contributed by atoms with Gasteiger partial charge in [0.05, 0.1) is 12.3 Å². The molecule has 0 spiro atoms. The summed E-state index contributed by atoms with van der Waals surface area (Å²) in [4.78, 5) is 16.0. The van der Waals surface area contributed by atoms with Crippen LogP contribution in [0.25, 0.3) is 0 Å². The number of halogens is 1. The normalized spacial score (nSPS) is 15.5. The lowest BCUT2D eigenvalue weighted by molar-refractivity contribution is -0.143. The number of thiocarbonyl (C=S) groups is 1. The highest BCUT2D eigenvalue weighted by Crippen LogP contribution is 2.21. The third-order valence-corrected chi connectivity index (χ3v) is 5.54. The summed E-state index contributed by atoms with van der Waals surface area (Å²) >= 11 is 11.9. The van der Waals surface area contributed by atoms with Crippen LogP contribution < -0.4 is 5.32 Å². The van der Waals surface area contributed by atoms with E-state index in [-0.39, 0.29) is 5.97 Å². The molecule has 9 heteroatoms. The number of ether oxygens (including phenoxy) is 1. The summed E-state index contributed by atoms with van der Waals surface area (Å²) in [7, 11) is 1.87. The zero-order chi connectivity index (χ0) is 19.8. The fraction of sp³-hybridized carbons (Fsp3) is 0.722. The van der Waals surface area contributed by atoms with E-state index >= 15 is 0 Å². The van der Waals surface area contributed by atoms with E-state index in [2.05, 4.69) is 20.2 Å². The molecular weight excluding hydrogens is 386 g/mol. The van der Waals surface area contributed by atoms with Crippen LogP contribution in [0.3, 0.4) is 0 Å². The van der Waals surface area contributed by atoms with Crippen molar-refractivity contribution in [3.8, 4) is 0 Å². The zero-order valence-electron chi connectivity index (χ0n) is 16.5. The number of nitrogens with one attached hydrogen (secondary N) is 1. The molecule has 1 aromatic heterocycles. The Morgan fingerprint density at radius 1 is 1.33 bits per heavy atom. The maximum absolute atomic E-state index is 11.4. The molecule has 1 aliphatic heterocycles. The molecule has 0 aromatic carbocycles. The second kappa shape index (κ2) is 10.8. The van der Waals surface area contributed by atoms with Gasteiger partial charge < -0.3 is 15.0 Å². The Bertz CT molecular complexity index is 652. The highest BCUT2D eigenvalue weighted by atomic mass is 35.5. The fourth-order valence-electron chi connectivity index (χ4n) is 3.18. The molecule has 0 atom stereocenters. The van der Waals surface area contributed by atoms with Crippen LogP contribution in [0.5, 0.6) is 0 Å². The van der Waals surface area contributed by atoms with Crippen molar-refractivity contribution in [1.29, 1.82) is 0 Å². The molecule has 0 aliphatic carbocycles. The second-order valence-corrected chi connectivity index (χ2v) is 7.48. The van der Waals surface area contributed by atoms with Gasteiger partial charge in [-0.1, -0.05) is 11.6 Å². The van der Waals surface area contributed by atoms with Crippen molar-refractivity contribution < 1.29 is 9.53 Å². The molecule has 1 saturated heterocycles. The van der Waals surface area contributed by atoms with Crippen molar-refractivity contribution in [2.75, 3.05) is 39.3 Å². The van der Waals surface area contributed by atoms with Crippen molar-refractivity contribution >= 4 is 34.9 Å². The van der Waals surface area contributed by atoms with Crippen molar-refractivity contribution in [2.24, 2.45) is 7.05 Å². The first kappa shape index (κ1) is 21.9. The Morgan fingerprint density at radius 3 is 2.78 bits per heavy atom. The zero-order valence-corrected chi connectivity index (χ0v) is 18.0. The van der Waals surface area contributed by atoms with Gasteiger partial charge in [0.25, 0.3) is 0 Å². The number of carbonyl (C=O) groups is 1. The lowest BCUT2D eigenvalue weighted by Gasteiger charge is -2.24. The van der Waals surface area contributed by atoms with E-state index < -0.39 is 0 Å². The lowest BCUT2D eigenvalue weighted by atomic mass is 10.2. The van der Waals surface area contributed by atoms with Crippen LogP contribution >= 0.6 is 23.8 Å². The van der Waals surface area contributed by atoms with E-state index in [1.165, 1.54) is 0 Å². The van der Waals surface area contributed by atoms with Gasteiger partial charge in [-0.3, -0.25) is 14.4 Å². The first-order chi connectivity index (χ1) is 12.9. The lowest BCUT2D eigenvalue weighted by Crippen LogP contribution is -2.42. The first-order valence-electron chi connectivity index (χ1n) is 9.51. The number of rotatable bonds is 7. The van der Waals surface area contributed by atoms with Crippen LogP contribution in [0.1, 0.15) is 37.4 Å². The predicted molar refractivity (Wildman–Crippen MR) is 111 cm³/mol. The average molecular weight is 416 g/mol. The van der Waals surface area contributed by atoms with Crippen molar-refractivity contribution in [3.05, 3.63) is 16.4 Å². The number of carbonyl (C=O) groups excluding carboxylic acids is 1. The minimum atomic E-state index is -0.153. The molecule has 1 aromatic rings. The molecule has 2 heterocycles. The van der Waals surface area contributed by atoms with Gasteiger partial charge in [0.1, 0.15) is 5.15 Å². The smallest absolute Gasteiger partial charge is 0.305 e. The minimum Gasteiger partial charge on any atom is -0.466 e. The average Bonchev–Trinajstić information content (AvgIpc) is 2.82. The summed E-state index contributed by atoms with van der Waals surface area (Å²) in [5.41, 5.74) is 2.09. The largest absolute Gasteiger partial charge is 0.466 e. The standard InChI is InChI=1S/C18H30ClN5O2S/c1-4-26-16(25)7-5-8-20-18(27)24-10-6-9-23(11-12-24)13-15-14(2)21-22(3)17(15)19/h4-13H2,1-3H3,(H,20,27). The van der Waals surface area contributed by atoms with Gasteiger partial charge in [-0.2, -0.15) is 5.10 Å². The molecule has 1 N–H and O–H groups in total. The topological polar surface area (TPSA) is 62.6 Å². The van der Waals surface area contributed by atoms with E-state index in [4.69, 9.17) is 28.6 Å². The molecule has 152 valence electrons. The number of esters is 1. The Morgan fingerprint density at radius 2 is 2.11 bits per heavy atom. The van der Waals surface area contributed by atoms with Gasteiger partial charge in [-0.25, -0.2) is 0 Å². The van der Waals surface area contributed by atoms with Crippen LogP contribution in [0.4, 0.5) is 0 Å². The molecule has 0 unspecified atom stereocenters. The van der Waals surface area contributed by atoms with Gasteiger partial charge in [0, 0.05) is 58.3 Å². The molecule has 0 radical (unpaired) electrons. The van der Waals surface area contributed by atoms with Gasteiger partial charge in [-0.05, 0) is 38.9 Å². The van der Waals surface area contributed by atoms with Crippen LogP contribution in [0, 0.1) is 6.92 Å². The summed E-state index contributed by atoms with van der Waals surface area (Å²) in [5, 5.41) is 9.13. The molecule has 0 amide bonds. The molecule has 2 rings (SSSR count). The Kier molecular flexibility index (Phi) is 8.79. The van der Waals surface area contributed by atoms with E-state index in [1.807, 2.05) is 20.9 Å². The SMILES string of the molecule is CCOC(=O)CCCNC(=S)N1CCCN(Cc2c(C)nn(C)c2Cl)CC1. The maximum atomic E-state index is 11.4. The number of aryl methyl sites for hydroxylation is 2. The quantitative estimate of drug-likeness (QED) is 0.415. The highest BCUT2D eigenvalue weighted by Gasteiger charge is 2.20. The van der Waals surface area contributed by atoms with Crippen molar-refractivity contribution in [3.63, 3.8) is 0 Å². The monoisotopic (exact) mass is 415 g/mol. The van der Waals surface area contributed by atoms with Crippen LogP contribution in [0.2, 0.25) is 5.15 Å². The van der Waals surface area contributed by atoms with Crippen molar-refractivity contribution in [2.45, 2.75) is 39.7 Å². The van der Waals surface area contributed by atoms with E-state index in [0.29, 0.717) is 24.7 Å². The van der Waals surface area contributed by atoms with Gasteiger partial charge >= 0.3 is 5.97 Å². The second-order valence-electron chi connectivity index (χ2n) is 6.74. The van der Waals surface area contributed by atoms with E-state index in [1.54, 1.807) is 4.68 Å². The number of hydrogen-bond donors (Lipinski definition) is 1. The molecule has 1 fully saturated rings. The summed E-state index contributed by atoms with van der Waals surface area (Å²) in [6, 6.07) is 0. The van der Waals surface area contributed by atoms with E-state index in [0.717, 1.165) is 61.9 Å². The first-order valence-corrected chi connectivity index (χ1v) is 10.3. The number of hydrogen-bond acceptors (Lipinski definition) is 5. The Hall–Kier alpha value is -1.38. The highest BCUT2D eigenvalue weighted by molar-refractivity contribution is 7.80. The summed E-state index contributed by atoms with van der Waals surface area (Å²) in [6.45, 7) is 9.48. The van der Waals surface area contributed by atoms with Crippen molar-refractivity contribution in [1.82, 2.24) is 24.9 Å².